The Morgan fingerprint density at radius 3 is 2.90 bits per heavy atom. The molecule has 1 aliphatic rings. The Morgan fingerprint density at radius 1 is 1.38 bits per heavy atom. The monoisotopic (exact) mass is 281 g/mol. The number of oxazole rings is 1. The van der Waals surface area contributed by atoms with Gasteiger partial charge < -0.3 is 9.32 Å². The number of benzene rings is 1. The van der Waals surface area contributed by atoms with E-state index in [0.29, 0.717) is 23.4 Å². The summed E-state index contributed by atoms with van der Waals surface area (Å²) >= 11 is 0. The SMILES string of the molecule is Cc1ccccc1-c1nc(C#N)c(N2CCC[C@H](C)C2)o1. The molecule has 0 spiro atoms. The van der Waals surface area contributed by atoms with Gasteiger partial charge in [0.2, 0.25) is 17.5 Å². The summed E-state index contributed by atoms with van der Waals surface area (Å²) in [5.74, 6) is 1.79. The Labute approximate surface area is 125 Å². The second-order valence-corrected chi connectivity index (χ2v) is 5.79. The van der Waals surface area contributed by atoms with Gasteiger partial charge >= 0.3 is 0 Å². The zero-order valence-corrected chi connectivity index (χ0v) is 12.5. The molecule has 4 nitrogen and oxygen atoms in total. The minimum Gasteiger partial charge on any atom is -0.419 e. The van der Waals surface area contributed by atoms with Gasteiger partial charge in [0.15, 0.2) is 0 Å². The van der Waals surface area contributed by atoms with E-state index in [1.54, 1.807) is 0 Å². The topological polar surface area (TPSA) is 53.1 Å². The Balaban J connectivity index is 1.99. The van der Waals surface area contributed by atoms with Gasteiger partial charge in [0.25, 0.3) is 0 Å². The fourth-order valence-corrected chi connectivity index (χ4v) is 2.90. The van der Waals surface area contributed by atoms with Gasteiger partial charge in [0.1, 0.15) is 6.07 Å². The summed E-state index contributed by atoms with van der Waals surface area (Å²) in [5.41, 5.74) is 2.44. The predicted molar refractivity (Wildman–Crippen MR) is 82.0 cm³/mol. The third-order valence-corrected chi connectivity index (χ3v) is 4.03. The van der Waals surface area contributed by atoms with E-state index in [1.807, 2.05) is 31.2 Å². The highest BCUT2D eigenvalue weighted by molar-refractivity contribution is 5.62. The molecule has 0 bridgehead atoms. The second kappa shape index (κ2) is 5.61. The van der Waals surface area contributed by atoms with Crippen molar-refractivity contribution in [1.82, 2.24) is 4.98 Å². The average Bonchev–Trinajstić information content (AvgIpc) is 2.92. The molecule has 1 aromatic heterocycles. The summed E-state index contributed by atoms with van der Waals surface area (Å²) in [6.45, 7) is 6.11. The molecule has 1 saturated heterocycles. The standard InChI is InChI=1S/C17H19N3O/c1-12-6-5-9-20(11-12)17-15(10-18)19-16(21-17)14-8-4-3-7-13(14)2/h3-4,7-8,12H,5-6,9,11H2,1-2H3/t12-/m0/s1. The van der Waals surface area contributed by atoms with Crippen LogP contribution in [0.3, 0.4) is 0 Å². The molecule has 0 unspecified atom stereocenters. The van der Waals surface area contributed by atoms with E-state index in [9.17, 15) is 5.26 Å². The van der Waals surface area contributed by atoms with Crippen LogP contribution in [0.15, 0.2) is 28.7 Å². The van der Waals surface area contributed by atoms with Crippen molar-refractivity contribution in [3.63, 3.8) is 0 Å². The summed E-state index contributed by atoms with van der Waals surface area (Å²) in [7, 11) is 0. The van der Waals surface area contributed by atoms with Crippen molar-refractivity contribution < 1.29 is 4.42 Å². The summed E-state index contributed by atoms with van der Waals surface area (Å²) < 4.78 is 5.95. The van der Waals surface area contributed by atoms with E-state index >= 15 is 0 Å². The molecule has 4 heteroatoms. The lowest BCUT2D eigenvalue weighted by atomic mass is 10.0. The first-order valence-corrected chi connectivity index (χ1v) is 7.41. The molecule has 0 aliphatic carbocycles. The number of piperidine rings is 1. The summed E-state index contributed by atoms with van der Waals surface area (Å²) in [6, 6.07) is 10.1. The van der Waals surface area contributed by atoms with Crippen molar-refractivity contribution in [1.29, 1.82) is 5.26 Å². The largest absolute Gasteiger partial charge is 0.419 e. The second-order valence-electron chi connectivity index (χ2n) is 5.79. The maximum Gasteiger partial charge on any atom is 0.235 e. The molecule has 21 heavy (non-hydrogen) atoms. The molecule has 1 aliphatic heterocycles. The van der Waals surface area contributed by atoms with Gasteiger partial charge in [-0.3, -0.25) is 0 Å². The summed E-state index contributed by atoms with van der Waals surface area (Å²) in [4.78, 5) is 6.54. The third kappa shape index (κ3) is 2.64. The quantitative estimate of drug-likeness (QED) is 0.841. The maximum absolute atomic E-state index is 9.35. The molecular weight excluding hydrogens is 262 g/mol. The zero-order valence-electron chi connectivity index (χ0n) is 12.5. The molecule has 0 amide bonds. The number of nitrogens with zero attached hydrogens (tertiary/aromatic N) is 3. The maximum atomic E-state index is 9.35. The van der Waals surface area contributed by atoms with E-state index in [4.69, 9.17) is 4.42 Å². The number of aromatic nitrogens is 1. The number of rotatable bonds is 2. The highest BCUT2D eigenvalue weighted by Gasteiger charge is 2.24. The highest BCUT2D eigenvalue weighted by atomic mass is 16.4. The van der Waals surface area contributed by atoms with Gasteiger partial charge in [-0.25, -0.2) is 0 Å². The van der Waals surface area contributed by atoms with Gasteiger partial charge in [-0.1, -0.05) is 25.1 Å². The lowest BCUT2D eigenvalue weighted by Gasteiger charge is -2.30. The van der Waals surface area contributed by atoms with Crippen LogP contribution in [0.25, 0.3) is 11.5 Å². The van der Waals surface area contributed by atoms with E-state index < -0.39 is 0 Å². The Hall–Kier alpha value is -2.28. The number of hydrogen-bond acceptors (Lipinski definition) is 4. The van der Waals surface area contributed by atoms with Crippen molar-refractivity contribution in [2.75, 3.05) is 18.0 Å². The normalized spacial score (nSPS) is 18.5. The molecule has 108 valence electrons. The van der Waals surface area contributed by atoms with Gasteiger partial charge in [0, 0.05) is 18.7 Å². The fraction of sp³-hybridized carbons (Fsp3) is 0.412. The van der Waals surface area contributed by atoms with Crippen LogP contribution in [0.1, 0.15) is 31.0 Å². The Morgan fingerprint density at radius 2 is 2.19 bits per heavy atom. The lowest BCUT2D eigenvalue weighted by molar-refractivity contribution is 0.422. The van der Waals surface area contributed by atoms with Crippen LogP contribution in [-0.2, 0) is 0 Å². The average molecular weight is 281 g/mol. The minimum absolute atomic E-state index is 0.391. The number of nitriles is 1. The minimum atomic E-state index is 0.391. The van der Waals surface area contributed by atoms with Crippen LogP contribution in [0.5, 0.6) is 0 Å². The van der Waals surface area contributed by atoms with Crippen LogP contribution in [0, 0.1) is 24.2 Å². The van der Waals surface area contributed by atoms with E-state index in [-0.39, 0.29) is 0 Å². The molecule has 0 radical (unpaired) electrons. The lowest BCUT2D eigenvalue weighted by Crippen LogP contribution is -2.34. The molecule has 1 fully saturated rings. The molecule has 3 rings (SSSR count). The first kappa shape index (κ1) is 13.7. The molecule has 2 aromatic rings. The van der Waals surface area contributed by atoms with E-state index in [1.165, 1.54) is 6.42 Å². The molecule has 0 N–H and O–H groups in total. The number of anilines is 1. The Kier molecular flexibility index (Phi) is 3.66. The first-order chi connectivity index (χ1) is 10.2. The van der Waals surface area contributed by atoms with Crippen LogP contribution < -0.4 is 4.90 Å². The number of hydrogen-bond donors (Lipinski definition) is 0. The van der Waals surface area contributed by atoms with Gasteiger partial charge in [0.05, 0.1) is 0 Å². The van der Waals surface area contributed by atoms with Crippen LogP contribution in [0.2, 0.25) is 0 Å². The van der Waals surface area contributed by atoms with Crippen molar-refractivity contribution in [3.8, 4) is 17.5 Å². The fourth-order valence-electron chi connectivity index (χ4n) is 2.90. The number of aryl methyl sites for hydroxylation is 1. The van der Waals surface area contributed by atoms with E-state index in [0.717, 1.165) is 30.6 Å². The van der Waals surface area contributed by atoms with Crippen LogP contribution in [0.4, 0.5) is 5.88 Å². The Bertz CT molecular complexity index is 684. The molecule has 1 aromatic carbocycles. The van der Waals surface area contributed by atoms with Crippen molar-refractivity contribution in [2.45, 2.75) is 26.7 Å². The molecule has 0 saturated carbocycles. The van der Waals surface area contributed by atoms with Crippen LogP contribution >= 0.6 is 0 Å². The third-order valence-electron chi connectivity index (χ3n) is 4.03. The highest BCUT2D eigenvalue weighted by Crippen LogP contribution is 2.32. The van der Waals surface area contributed by atoms with Gasteiger partial charge in [-0.2, -0.15) is 10.2 Å². The zero-order chi connectivity index (χ0) is 14.8. The summed E-state index contributed by atoms with van der Waals surface area (Å²) in [5, 5.41) is 9.35. The van der Waals surface area contributed by atoms with Crippen LogP contribution in [-0.4, -0.2) is 18.1 Å². The molecule has 1 atom stereocenters. The van der Waals surface area contributed by atoms with Crippen molar-refractivity contribution in [2.24, 2.45) is 5.92 Å². The predicted octanol–water partition coefficient (Wildman–Crippen LogP) is 3.76. The van der Waals surface area contributed by atoms with Gasteiger partial charge in [-0.15, -0.1) is 0 Å². The molecular formula is C17H19N3O. The first-order valence-electron chi connectivity index (χ1n) is 7.41. The van der Waals surface area contributed by atoms with Crippen molar-refractivity contribution in [3.05, 3.63) is 35.5 Å². The van der Waals surface area contributed by atoms with Crippen molar-refractivity contribution >= 4 is 5.88 Å². The smallest absolute Gasteiger partial charge is 0.235 e. The van der Waals surface area contributed by atoms with E-state index in [2.05, 4.69) is 22.9 Å². The summed E-state index contributed by atoms with van der Waals surface area (Å²) in [6.07, 6.45) is 2.36. The molecule has 2 heterocycles. The van der Waals surface area contributed by atoms with Gasteiger partial charge in [-0.05, 0) is 37.3 Å².